The lowest BCUT2D eigenvalue weighted by molar-refractivity contribution is -0.129. The summed E-state index contributed by atoms with van der Waals surface area (Å²) in [6, 6.07) is 18.1. The topological polar surface area (TPSA) is 59.2 Å². The molecule has 0 aliphatic carbocycles. The van der Waals surface area contributed by atoms with E-state index in [9.17, 15) is 4.79 Å². The zero-order valence-corrected chi connectivity index (χ0v) is 14.1. The Morgan fingerprint density at radius 1 is 1.12 bits per heavy atom. The predicted octanol–water partition coefficient (Wildman–Crippen LogP) is 2.86. The number of carbonyl (C=O) groups excluding carboxylic acids is 1. The highest BCUT2D eigenvalue weighted by atomic mass is 16.2. The van der Waals surface area contributed by atoms with Crippen LogP contribution in [0.1, 0.15) is 17.5 Å². The molecule has 2 N–H and O–H groups in total. The van der Waals surface area contributed by atoms with Gasteiger partial charge in [0, 0.05) is 30.9 Å². The first-order chi connectivity index (χ1) is 12.2. The smallest absolute Gasteiger partial charge is 0.227 e. The Balaban J connectivity index is 1.52. The maximum absolute atomic E-state index is 12.8. The van der Waals surface area contributed by atoms with Crippen molar-refractivity contribution in [3.63, 3.8) is 0 Å². The molecular weight excluding hydrogens is 310 g/mol. The van der Waals surface area contributed by atoms with Gasteiger partial charge in [-0.2, -0.15) is 0 Å². The molecule has 2 heterocycles. The first kappa shape index (κ1) is 15.8. The highest BCUT2D eigenvalue weighted by Crippen LogP contribution is 2.30. The van der Waals surface area contributed by atoms with Crippen molar-refractivity contribution < 1.29 is 4.79 Å². The number of aromatic nitrogens is 1. The van der Waals surface area contributed by atoms with Gasteiger partial charge >= 0.3 is 0 Å². The third-order valence-electron chi connectivity index (χ3n) is 5.11. The Kier molecular flexibility index (Phi) is 3.98. The van der Waals surface area contributed by atoms with E-state index in [-0.39, 0.29) is 5.91 Å². The molecule has 1 aliphatic rings. The standard InChI is InChI=1S/C21H21N3O/c22-21(18-7-2-1-3-8-18)10-12-24(15-21)20(25)13-16-5-4-6-17-14-23-11-9-19(16)17/h1-9,11,14H,10,12-13,15,22H2. The minimum absolute atomic E-state index is 0.132. The van der Waals surface area contributed by atoms with Crippen molar-refractivity contribution >= 4 is 16.7 Å². The van der Waals surface area contributed by atoms with E-state index in [2.05, 4.69) is 4.98 Å². The van der Waals surface area contributed by atoms with Gasteiger partial charge < -0.3 is 10.6 Å². The molecule has 0 saturated carbocycles. The zero-order chi connectivity index (χ0) is 17.3. The van der Waals surface area contributed by atoms with E-state index < -0.39 is 5.54 Å². The molecule has 1 fully saturated rings. The van der Waals surface area contributed by atoms with Crippen LogP contribution in [-0.2, 0) is 16.8 Å². The van der Waals surface area contributed by atoms with Gasteiger partial charge in [0.2, 0.25) is 5.91 Å². The fourth-order valence-corrected chi connectivity index (χ4v) is 3.67. The summed E-state index contributed by atoms with van der Waals surface area (Å²) >= 11 is 0. The van der Waals surface area contributed by atoms with E-state index in [1.807, 2.05) is 65.7 Å². The van der Waals surface area contributed by atoms with E-state index in [4.69, 9.17) is 5.73 Å². The predicted molar refractivity (Wildman–Crippen MR) is 99.0 cm³/mol. The average molecular weight is 331 g/mol. The molecule has 1 amide bonds. The Morgan fingerprint density at radius 3 is 2.80 bits per heavy atom. The summed E-state index contributed by atoms with van der Waals surface area (Å²) in [6.45, 7) is 1.28. The number of nitrogens with zero attached hydrogens (tertiary/aromatic N) is 2. The second-order valence-electron chi connectivity index (χ2n) is 6.78. The fraction of sp³-hybridized carbons (Fsp3) is 0.238. The average Bonchev–Trinajstić information content (AvgIpc) is 3.07. The zero-order valence-electron chi connectivity index (χ0n) is 14.1. The van der Waals surface area contributed by atoms with Crippen molar-refractivity contribution in [2.45, 2.75) is 18.4 Å². The second-order valence-corrected chi connectivity index (χ2v) is 6.78. The summed E-state index contributed by atoms with van der Waals surface area (Å²) in [5, 5.41) is 2.15. The number of hydrogen-bond acceptors (Lipinski definition) is 3. The molecule has 25 heavy (non-hydrogen) atoms. The SMILES string of the molecule is NC1(c2ccccc2)CCN(C(=O)Cc2cccc3cnccc23)C1. The molecule has 1 aromatic heterocycles. The maximum atomic E-state index is 12.8. The van der Waals surface area contributed by atoms with Gasteiger partial charge in [0.05, 0.1) is 12.0 Å². The molecule has 3 aromatic rings. The Morgan fingerprint density at radius 2 is 1.96 bits per heavy atom. The quantitative estimate of drug-likeness (QED) is 0.803. The van der Waals surface area contributed by atoms with Gasteiger partial charge in [0.25, 0.3) is 0 Å². The molecule has 0 bridgehead atoms. The largest absolute Gasteiger partial charge is 0.340 e. The van der Waals surface area contributed by atoms with Crippen LogP contribution in [0.2, 0.25) is 0 Å². The highest BCUT2D eigenvalue weighted by Gasteiger charge is 2.37. The lowest BCUT2D eigenvalue weighted by Crippen LogP contribution is -2.41. The van der Waals surface area contributed by atoms with Crippen LogP contribution in [0.25, 0.3) is 10.8 Å². The molecule has 0 spiro atoms. The summed E-state index contributed by atoms with van der Waals surface area (Å²) in [5.41, 5.74) is 8.29. The van der Waals surface area contributed by atoms with E-state index in [1.54, 1.807) is 6.20 Å². The minimum Gasteiger partial charge on any atom is -0.340 e. The molecular formula is C21H21N3O. The number of amides is 1. The second kappa shape index (κ2) is 6.30. The number of carbonyl (C=O) groups is 1. The molecule has 0 radical (unpaired) electrons. The van der Waals surface area contributed by atoms with Crippen LogP contribution in [0, 0.1) is 0 Å². The first-order valence-electron chi connectivity index (χ1n) is 8.59. The van der Waals surface area contributed by atoms with Crippen molar-refractivity contribution in [2.75, 3.05) is 13.1 Å². The number of hydrogen-bond donors (Lipinski definition) is 1. The molecule has 4 heteroatoms. The summed E-state index contributed by atoms with van der Waals surface area (Å²) in [6.07, 6.45) is 4.79. The lowest BCUT2D eigenvalue weighted by atomic mass is 9.90. The summed E-state index contributed by atoms with van der Waals surface area (Å²) < 4.78 is 0. The molecule has 4 rings (SSSR count). The number of benzene rings is 2. The van der Waals surface area contributed by atoms with Gasteiger partial charge in [0.15, 0.2) is 0 Å². The van der Waals surface area contributed by atoms with E-state index >= 15 is 0 Å². The van der Waals surface area contributed by atoms with Gasteiger partial charge in [-0.1, -0.05) is 48.5 Å². The van der Waals surface area contributed by atoms with Crippen molar-refractivity contribution in [1.29, 1.82) is 0 Å². The Hall–Kier alpha value is -2.72. The van der Waals surface area contributed by atoms with Gasteiger partial charge in [-0.3, -0.25) is 9.78 Å². The highest BCUT2D eigenvalue weighted by molar-refractivity contribution is 5.89. The first-order valence-corrected chi connectivity index (χ1v) is 8.59. The van der Waals surface area contributed by atoms with Crippen LogP contribution >= 0.6 is 0 Å². The molecule has 4 nitrogen and oxygen atoms in total. The molecule has 126 valence electrons. The van der Waals surface area contributed by atoms with Gasteiger partial charge in [-0.15, -0.1) is 0 Å². The number of likely N-dealkylation sites (tertiary alicyclic amines) is 1. The molecule has 1 atom stereocenters. The fourth-order valence-electron chi connectivity index (χ4n) is 3.67. The van der Waals surface area contributed by atoms with Gasteiger partial charge in [-0.05, 0) is 29.0 Å². The van der Waals surface area contributed by atoms with Crippen LogP contribution in [0.3, 0.4) is 0 Å². The van der Waals surface area contributed by atoms with Crippen molar-refractivity contribution in [3.8, 4) is 0 Å². The molecule has 1 unspecified atom stereocenters. The van der Waals surface area contributed by atoms with Crippen LogP contribution < -0.4 is 5.73 Å². The van der Waals surface area contributed by atoms with Crippen molar-refractivity contribution in [1.82, 2.24) is 9.88 Å². The number of rotatable bonds is 3. The van der Waals surface area contributed by atoms with Crippen LogP contribution in [0.5, 0.6) is 0 Å². The number of pyridine rings is 1. The summed E-state index contributed by atoms with van der Waals surface area (Å²) in [4.78, 5) is 18.9. The number of fused-ring (bicyclic) bond motifs is 1. The van der Waals surface area contributed by atoms with Crippen LogP contribution in [0.4, 0.5) is 0 Å². The normalized spacial score (nSPS) is 20.1. The summed E-state index contributed by atoms with van der Waals surface area (Å²) in [7, 11) is 0. The third kappa shape index (κ3) is 3.01. The Labute approximate surface area is 147 Å². The monoisotopic (exact) mass is 331 g/mol. The van der Waals surface area contributed by atoms with E-state index in [0.29, 0.717) is 19.5 Å². The van der Waals surface area contributed by atoms with Gasteiger partial charge in [-0.25, -0.2) is 0 Å². The van der Waals surface area contributed by atoms with Crippen LogP contribution in [-0.4, -0.2) is 28.9 Å². The molecule has 1 aliphatic heterocycles. The third-order valence-corrected chi connectivity index (χ3v) is 5.11. The summed E-state index contributed by atoms with van der Waals surface area (Å²) in [5.74, 6) is 0.132. The number of nitrogens with two attached hydrogens (primary N) is 1. The van der Waals surface area contributed by atoms with E-state index in [0.717, 1.165) is 28.3 Å². The van der Waals surface area contributed by atoms with Crippen molar-refractivity contribution in [2.24, 2.45) is 5.73 Å². The molecule has 1 saturated heterocycles. The minimum atomic E-state index is -0.445. The van der Waals surface area contributed by atoms with Gasteiger partial charge in [0.1, 0.15) is 0 Å². The maximum Gasteiger partial charge on any atom is 0.227 e. The van der Waals surface area contributed by atoms with Crippen molar-refractivity contribution in [3.05, 3.63) is 78.1 Å². The lowest BCUT2D eigenvalue weighted by Gasteiger charge is -2.25. The molecule has 2 aromatic carbocycles. The van der Waals surface area contributed by atoms with Crippen LogP contribution in [0.15, 0.2) is 67.0 Å². The Bertz CT molecular complexity index is 904. The van der Waals surface area contributed by atoms with E-state index in [1.165, 1.54) is 0 Å².